The van der Waals surface area contributed by atoms with Gasteiger partial charge in [-0.3, -0.25) is 0 Å². The molecule has 2 aliphatic carbocycles. The lowest BCUT2D eigenvalue weighted by Gasteiger charge is -2.23. The van der Waals surface area contributed by atoms with Crippen LogP contribution in [-0.4, -0.2) is 18.0 Å². The standard InChI is InChI=1S/C9H14O2/c10-9-8-6-2-1-5(3-6)7(8)4-11-9/h5-10H,1-4H2/t5-,6+,7+,8-,9?/m1/s1. The first kappa shape index (κ1) is 6.44. The average molecular weight is 154 g/mol. The molecular formula is C9H14O2. The summed E-state index contributed by atoms with van der Waals surface area (Å²) in [7, 11) is 0. The molecule has 62 valence electrons. The number of rotatable bonds is 0. The Balaban J connectivity index is 1.91. The highest BCUT2D eigenvalue weighted by Crippen LogP contribution is 2.56. The van der Waals surface area contributed by atoms with Crippen LogP contribution < -0.4 is 0 Å². The predicted octanol–water partition coefficient (Wildman–Crippen LogP) is 0.997. The molecule has 1 unspecified atom stereocenters. The first-order valence-electron chi connectivity index (χ1n) is 4.66. The molecule has 0 radical (unpaired) electrons. The molecule has 0 aromatic rings. The van der Waals surface area contributed by atoms with Crippen molar-refractivity contribution >= 4 is 0 Å². The Labute approximate surface area is 66.5 Å². The summed E-state index contributed by atoms with van der Waals surface area (Å²) < 4.78 is 5.26. The molecule has 5 atom stereocenters. The Hall–Kier alpha value is -0.0800. The Morgan fingerprint density at radius 3 is 2.82 bits per heavy atom. The second-order valence-electron chi connectivity index (χ2n) is 4.30. The Kier molecular flexibility index (Phi) is 1.16. The third kappa shape index (κ3) is 0.695. The molecule has 3 fully saturated rings. The summed E-state index contributed by atoms with van der Waals surface area (Å²) in [5.41, 5.74) is 0. The van der Waals surface area contributed by atoms with Crippen molar-refractivity contribution < 1.29 is 9.84 Å². The lowest BCUT2D eigenvalue weighted by Crippen LogP contribution is -2.25. The lowest BCUT2D eigenvalue weighted by atomic mass is 9.81. The maximum Gasteiger partial charge on any atom is 0.157 e. The molecule has 2 saturated carbocycles. The fourth-order valence-electron chi connectivity index (χ4n) is 3.47. The molecule has 3 rings (SSSR count). The summed E-state index contributed by atoms with van der Waals surface area (Å²) in [6.45, 7) is 0.826. The largest absolute Gasteiger partial charge is 0.368 e. The molecule has 3 aliphatic rings. The van der Waals surface area contributed by atoms with Gasteiger partial charge in [-0.05, 0) is 37.0 Å². The summed E-state index contributed by atoms with van der Waals surface area (Å²) in [6, 6.07) is 0. The van der Waals surface area contributed by atoms with Gasteiger partial charge in [0.15, 0.2) is 6.29 Å². The minimum atomic E-state index is -0.421. The van der Waals surface area contributed by atoms with Crippen LogP contribution in [0.1, 0.15) is 19.3 Å². The number of hydrogen-bond acceptors (Lipinski definition) is 2. The minimum absolute atomic E-state index is 0.421. The number of fused-ring (bicyclic) bond motifs is 5. The van der Waals surface area contributed by atoms with Gasteiger partial charge >= 0.3 is 0 Å². The summed E-state index contributed by atoms with van der Waals surface area (Å²) in [5.74, 6) is 2.90. The molecule has 0 amide bonds. The summed E-state index contributed by atoms with van der Waals surface area (Å²) in [6.07, 6.45) is 3.68. The first-order valence-corrected chi connectivity index (χ1v) is 4.66. The number of hydrogen-bond donors (Lipinski definition) is 1. The molecule has 1 aliphatic heterocycles. The van der Waals surface area contributed by atoms with Crippen LogP contribution in [0.4, 0.5) is 0 Å². The highest BCUT2D eigenvalue weighted by Gasteiger charge is 2.53. The second-order valence-corrected chi connectivity index (χ2v) is 4.30. The quantitative estimate of drug-likeness (QED) is 0.564. The molecule has 2 bridgehead atoms. The van der Waals surface area contributed by atoms with E-state index >= 15 is 0 Å². The van der Waals surface area contributed by atoms with E-state index in [1.54, 1.807) is 0 Å². The van der Waals surface area contributed by atoms with Crippen molar-refractivity contribution in [3.63, 3.8) is 0 Å². The zero-order valence-electron chi connectivity index (χ0n) is 6.57. The topological polar surface area (TPSA) is 29.5 Å². The van der Waals surface area contributed by atoms with E-state index in [0.29, 0.717) is 11.8 Å². The van der Waals surface area contributed by atoms with E-state index in [9.17, 15) is 5.11 Å². The Bertz CT molecular complexity index is 180. The number of ether oxygens (including phenoxy) is 1. The molecule has 1 N–H and O–H groups in total. The van der Waals surface area contributed by atoms with Crippen LogP contribution in [0.25, 0.3) is 0 Å². The van der Waals surface area contributed by atoms with Gasteiger partial charge < -0.3 is 9.84 Å². The summed E-state index contributed by atoms with van der Waals surface area (Å²) in [4.78, 5) is 0. The van der Waals surface area contributed by atoms with Crippen LogP contribution in [0.5, 0.6) is 0 Å². The van der Waals surface area contributed by atoms with Gasteiger partial charge in [0.1, 0.15) is 0 Å². The van der Waals surface area contributed by atoms with Crippen molar-refractivity contribution in [1.82, 2.24) is 0 Å². The number of aliphatic hydroxyl groups excluding tert-OH is 1. The van der Waals surface area contributed by atoms with E-state index in [4.69, 9.17) is 4.74 Å². The fraction of sp³-hybridized carbons (Fsp3) is 1.00. The van der Waals surface area contributed by atoms with Crippen molar-refractivity contribution in [2.24, 2.45) is 23.7 Å². The van der Waals surface area contributed by atoms with Crippen LogP contribution >= 0.6 is 0 Å². The predicted molar refractivity (Wildman–Crippen MR) is 39.8 cm³/mol. The molecule has 0 aromatic heterocycles. The first-order chi connectivity index (χ1) is 5.36. The van der Waals surface area contributed by atoms with Crippen LogP contribution in [0.15, 0.2) is 0 Å². The van der Waals surface area contributed by atoms with E-state index in [1.165, 1.54) is 19.3 Å². The van der Waals surface area contributed by atoms with Crippen molar-refractivity contribution in [3.8, 4) is 0 Å². The van der Waals surface area contributed by atoms with E-state index < -0.39 is 6.29 Å². The summed E-state index contributed by atoms with van der Waals surface area (Å²) in [5, 5.41) is 9.50. The Morgan fingerprint density at radius 2 is 2.00 bits per heavy atom. The third-order valence-electron chi connectivity index (χ3n) is 3.95. The third-order valence-corrected chi connectivity index (χ3v) is 3.95. The van der Waals surface area contributed by atoms with Crippen LogP contribution in [0.2, 0.25) is 0 Å². The van der Waals surface area contributed by atoms with Crippen LogP contribution in [0, 0.1) is 23.7 Å². The van der Waals surface area contributed by atoms with Gasteiger partial charge in [0.05, 0.1) is 6.61 Å². The van der Waals surface area contributed by atoms with E-state index in [1.807, 2.05) is 0 Å². The van der Waals surface area contributed by atoms with E-state index in [-0.39, 0.29) is 0 Å². The van der Waals surface area contributed by atoms with E-state index in [2.05, 4.69) is 0 Å². The van der Waals surface area contributed by atoms with Gasteiger partial charge in [0, 0.05) is 5.92 Å². The van der Waals surface area contributed by atoms with Gasteiger partial charge in [0.25, 0.3) is 0 Å². The summed E-state index contributed by atoms with van der Waals surface area (Å²) >= 11 is 0. The normalized spacial score (nSPS) is 60.3. The van der Waals surface area contributed by atoms with E-state index in [0.717, 1.165) is 18.4 Å². The highest BCUT2D eigenvalue weighted by atomic mass is 16.6. The SMILES string of the molecule is OC1OC[C@H]2[C@@H]3CC[C@@H](C3)[C@@H]12. The van der Waals surface area contributed by atoms with Crippen molar-refractivity contribution in [2.45, 2.75) is 25.6 Å². The molecule has 0 aromatic carbocycles. The zero-order valence-corrected chi connectivity index (χ0v) is 6.57. The molecule has 1 saturated heterocycles. The maximum absolute atomic E-state index is 9.50. The van der Waals surface area contributed by atoms with Crippen LogP contribution in [0.3, 0.4) is 0 Å². The van der Waals surface area contributed by atoms with Crippen molar-refractivity contribution in [2.75, 3.05) is 6.61 Å². The minimum Gasteiger partial charge on any atom is -0.368 e. The van der Waals surface area contributed by atoms with Gasteiger partial charge in [-0.25, -0.2) is 0 Å². The molecule has 2 heteroatoms. The smallest absolute Gasteiger partial charge is 0.157 e. The fourth-order valence-corrected chi connectivity index (χ4v) is 3.47. The van der Waals surface area contributed by atoms with Crippen LogP contribution in [-0.2, 0) is 4.74 Å². The van der Waals surface area contributed by atoms with Crippen molar-refractivity contribution in [3.05, 3.63) is 0 Å². The molecular weight excluding hydrogens is 140 g/mol. The number of aliphatic hydroxyl groups is 1. The van der Waals surface area contributed by atoms with Gasteiger partial charge in [-0.2, -0.15) is 0 Å². The maximum atomic E-state index is 9.50. The monoisotopic (exact) mass is 154 g/mol. The average Bonchev–Trinajstić information content (AvgIpc) is 2.60. The van der Waals surface area contributed by atoms with Crippen molar-refractivity contribution in [1.29, 1.82) is 0 Å². The highest BCUT2D eigenvalue weighted by molar-refractivity contribution is 4.99. The molecule has 2 nitrogen and oxygen atoms in total. The van der Waals surface area contributed by atoms with Gasteiger partial charge in [-0.1, -0.05) is 0 Å². The second kappa shape index (κ2) is 1.99. The van der Waals surface area contributed by atoms with Gasteiger partial charge in [0.2, 0.25) is 0 Å². The molecule has 11 heavy (non-hydrogen) atoms. The lowest BCUT2D eigenvalue weighted by molar-refractivity contribution is -0.0918. The molecule has 1 heterocycles. The molecule has 0 spiro atoms. The van der Waals surface area contributed by atoms with Gasteiger partial charge in [-0.15, -0.1) is 0 Å². The zero-order chi connectivity index (χ0) is 7.42. The Morgan fingerprint density at radius 1 is 1.18 bits per heavy atom.